The molecule has 1 amide bonds. The fraction of sp³-hybridized carbons (Fsp3) is 0.286. The molecule has 0 saturated carbocycles. The SMILES string of the molecule is O=C(CN1CCN(S(=O)(=O)/C=C/c2ccccc2)CC1)NCc1ccccc1F. The first-order chi connectivity index (χ1) is 13.9. The van der Waals surface area contributed by atoms with Crippen LogP contribution in [0, 0.1) is 5.82 Å². The summed E-state index contributed by atoms with van der Waals surface area (Å²) in [6.07, 6.45) is 1.58. The summed E-state index contributed by atoms with van der Waals surface area (Å²) in [6.45, 7) is 1.85. The molecule has 0 aliphatic carbocycles. The molecule has 1 saturated heterocycles. The summed E-state index contributed by atoms with van der Waals surface area (Å²) in [4.78, 5) is 14.0. The van der Waals surface area contributed by atoms with Crippen LogP contribution >= 0.6 is 0 Å². The lowest BCUT2D eigenvalue weighted by atomic mass is 10.2. The van der Waals surface area contributed by atoms with Crippen LogP contribution < -0.4 is 5.32 Å². The van der Waals surface area contributed by atoms with E-state index in [1.807, 2.05) is 35.2 Å². The number of rotatable bonds is 7. The number of hydrogen-bond donors (Lipinski definition) is 1. The third kappa shape index (κ3) is 6.22. The Bertz CT molecular complexity index is 956. The molecule has 0 radical (unpaired) electrons. The quantitative estimate of drug-likeness (QED) is 0.749. The van der Waals surface area contributed by atoms with Crippen molar-refractivity contribution in [3.05, 3.63) is 76.9 Å². The Hall–Kier alpha value is -2.55. The predicted octanol–water partition coefficient (Wildman–Crippen LogP) is 2.06. The molecule has 1 N–H and O–H groups in total. The van der Waals surface area contributed by atoms with Crippen LogP contribution in [0.3, 0.4) is 0 Å². The van der Waals surface area contributed by atoms with Gasteiger partial charge in [0.2, 0.25) is 15.9 Å². The molecule has 6 nitrogen and oxygen atoms in total. The minimum atomic E-state index is -3.50. The van der Waals surface area contributed by atoms with Crippen molar-refractivity contribution < 1.29 is 17.6 Å². The number of benzene rings is 2. The highest BCUT2D eigenvalue weighted by atomic mass is 32.2. The van der Waals surface area contributed by atoms with Crippen molar-refractivity contribution in [3.63, 3.8) is 0 Å². The molecular weight excluding hydrogens is 393 g/mol. The highest BCUT2D eigenvalue weighted by Crippen LogP contribution is 2.11. The van der Waals surface area contributed by atoms with Gasteiger partial charge < -0.3 is 5.32 Å². The van der Waals surface area contributed by atoms with Gasteiger partial charge in [0.25, 0.3) is 0 Å². The molecule has 154 valence electrons. The molecule has 3 rings (SSSR count). The number of amides is 1. The summed E-state index contributed by atoms with van der Waals surface area (Å²) in [6, 6.07) is 15.5. The number of carbonyl (C=O) groups is 1. The second-order valence-electron chi connectivity index (χ2n) is 6.80. The maximum Gasteiger partial charge on any atom is 0.236 e. The van der Waals surface area contributed by atoms with Crippen molar-refractivity contribution in [3.8, 4) is 0 Å². The monoisotopic (exact) mass is 417 g/mol. The third-order valence-corrected chi connectivity index (χ3v) is 6.29. The highest BCUT2D eigenvalue weighted by Gasteiger charge is 2.25. The lowest BCUT2D eigenvalue weighted by molar-refractivity contribution is -0.122. The number of nitrogens with one attached hydrogen (secondary N) is 1. The molecule has 0 bridgehead atoms. The highest BCUT2D eigenvalue weighted by molar-refractivity contribution is 7.92. The van der Waals surface area contributed by atoms with E-state index in [0.717, 1.165) is 5.56 Å². The predicted molar refractivity (Wildman–Crippen MR) is 111 cm³/mol. The van der Waals surface area contributed by atoms with Crippen LogP contribution in [0.1, 0.15) is 11.1 Å². The van der Waals surface area contributed by atoms with Crippen LogP contribution in [0.15, 0.2) is 60.0 Å². The van der Waals surface area contributed by atoms with E-state index >= 15 is 0 Å². The molecule has 0 aromatic heterocycles. The summed E-state index contributed by atoms with van der Waals surface area (Å²) in [5, 5.41) is 3.92. The maximum absolute atomic E-state index is 13.6. The van der Waals surface area contributed by atoms with Gasteiger partial charge in [-0.25, -0.2) is 12.8 Å². The average Bonchev–Trinajstić information content (AvgIpc) is 2.73. The van der Waals surface area contributed by atoms with Crippen LogP contribution in [-0.2, 0) is 21.4 Å². The fourth-order valence-corrected chi connectivity index (χ4v) is 4.22. The zero-order valence-electron chi connectivity index (χ0n) is 16.0. The third-order valence-electron chi connectivity index (χ3n) is 4.72. The van der Waals surface area contributed by atoms with Gasteiger partial charge in [0.15, 0.2) is 0 Å². The Labute approximate surface area is 170 Å². The number of halogens is 1. The zero-order valence-corrected chi connectivity index (χ0v) is 16.8. The van der Waals surface area contributed by atoms with Gasteiger partial charge in [0, 0.05) is 43.7 Å². The van der Waals surface area contributed by atoms with Crippen molar-refractivity contribution >= 4 is 22.0 Å². The first kappa shape index (κ1) is 21.2. The molecular formula is C21H24FN3O3S. The van der Waals surface area contributed by atoms with E-state index in [1.54, 1.807) is 24.3 Å². The smallest absolute Gasteiger partial charge is 0.236 e. The van der Waals surface area contributed by atoms with Gasteiger partial charge in [-0.2, -0.15) is 4.31 Å². The van der Waals surface area contributed by atoms with Gasteiger partial charge in [-0.1, -0.05) is 48.5 Å². The number of hydrogen-bond acceptors (Lipinski definition) is 4. The Balaban J connectivity index is 1.45. The number of nitrogens with zero attached hydrogens (tertiary/aromatic N) is 2. The summed E-state index contributed by atoms with van der Waals surface area (Å²) >= 11 is 0. The molecule has 1 heterocycles. The van der Waals surface area contributed by atoms with E-state index in [0.29, 0.717) is 31.7 Å². The van der Waals surface area contributed by atoms with Crippen LogP contribution in [-0.4, -0.2) is 56.3 Å². The van der Waals surface area contributed by atoms with Gasteiger partial charge in [-0.3, -0.25) is 9.69 Å². The topological polar surface area (TPSA) is 69.7 Å². The van der Waals surface area contributed by atoms with E-state index in [4.69, 9.17) is 0 Å². The number of carbonyl (C=O) groups excluding carboxylic acids is 1. The van der Waals surface area contributed by atoms with E-state index in [9.17, 15) is 17.6 Å². The molecule has 1 aliphatic rings. The van der Waals surface area contributed by atoms with Gasteiger partial charge in [0.1, 0.15) is 5.82 Å². The average molecular weight is 418 g/mol. The summed E-state index contributed by atoms with van der Waals surface area (Å²) in [5.74, 6) is -0.566. The molecule has 0 atom stereocenters. The van der Waals surface area contributed by atoms with Crippen LogP contribution in [0.2, 0.25) is 0 Å². The van der Waals surface area contributed by atoms with Crippen molar-refractivity contribution in [2.24, 2.45) is 0 Å². The molecule has 29 heavy (non-hydrogen) atoms. The lowest BCUT2D eigenvalue weighted by Crippen LogP contribution is -2.50. The Morgan fingerprint density at radius 2 is 1.66 bits per heavy atom. The Morgan fingerprint density at radius 1 is 1.00 bits per heavy atom. The summed E-state index contributed by atoms with van der Waals surface area (Å²) in [7, 11) is -3.50. The van der Waals surface area contributed by atoms with Gasteiger partial charge in [-0.05, 0) is 17.7 Å². The fourth-order valence-electron chi connectivity index (χ4n) is 3.05. The molecule has 2 aromatic carbocycles. The largest absolute Gasteiger partial charge is 0.351 e. The van der Waals surface area contributed by atoms with E-state index < -0.39 is 10.0 Å². The maximum atomic E-state index is 13.6. The first-order valence-electron chi connectivity index (χ1n) is 9.40. The van der Waals surface area contributed by atoms with Crippen LogP contribution in [0.5, 0.6) is 0 Å². The number of sulfonamides is 1. The van der Waals surface area contributed by atoms with Crippen molar-refractivity contribution in [1.82, 2.24) is 14.5 Å². The van der Waals surface area contributed by atoms with Crippen molar-refractivity contribution in [2.75, 3.05) is 32.7 Å². The second kappa shape index (κ2) is 9.78. The second-order valence-corrected chi connectivity index (χ2v) is 8.62. The summed E-state index contributed by atoms with van der Waals surface area (Å²) in [5.41, 5.74) is 1.25. The van der Waals surface area contributed by atoms with E-state index in [1.165, 1.54) is 15.8 Å². The molecule has 0 unspecified atom stereocenters. The standard InChI is InChI=1S/C21H24FN3O3S/c22-20-9-5-4-8-19(20)16-23-21(26)17-24-11-13-25(14-12-24)29(27,28)15-10-18-6-2-1-3-7-18/h1-10,15H,11-14,16-17H2,(H,23,26)/b15-10+. The first-order valence-corrected chi connectivity index (χ1v) is 10.9. The molecule has 1 fully saturated rings. The molecule has 8 heteroatoms. The van der Waals surface area contributed by atoms with Crippen LogP contribution in [0.25, 0.3) is 6.08 Å². The summed E-state index contributed by atoms with van der Waals surface area (Å²) < 4.78 is 40.0. The van der Waals surface area contributed by atoms with Crippen molar-refractivity contribution in [1.29, 1.82) is 0 Å². The Kier molecular flexibility index (Phi) is 7.13. The normalized spacial score (nSPS) is 16.2. The van der Waals surface area contributed by atoms with Crippen LogP contribution in [0.4, 0.5) is 4.39 Å². The number of piperazine rings is 1. The Morgan fingerprint density at radius 3 is 2.34 bits per heavy atom. The molecule has 1 aliphatic heterocycles. The van der Waals surface area contributed by atoms with Gasteiger partial charge >= 0.3 is 0 Å². The molecule has 0 spiro atoms. The van der Waals surface area contributed by atoms with Crippen molar-refractivity contribution in [2.45, 2.75) is 6.54 Å². The zero-order chi connectivity index (χ0) is 20.7. The van der Waals surface area contributed by atoms with E-state index in [-0.39, 0.29) is 24.8 Å². The lowest BCUT2D eigenvalue weighted by Gasteiger charge is -2.32. The minimum absolute atomic E-state index is 0.129. The van der Waals surface area contributed by atoms with Gasteiger partial charge in [0.05, 0.1) is 6.54 Å². The molecule has 2 aromatic rings. The minimum Gasteiger partial charge on any atom is -0.351 e. The van der Waals surface area contributed by atoms with Gasteiger partial charge in [-0.15, -0.1) is 0 Å². The van der Waals surface area contributed by atoms with E-state index in [2.05, 4.69) is 5.32 Å².